The second kappa shape index (κ2) is 7.09. The summed E-state index contributed by atoms with van der Waals surface area (Å²) in [6, 6.07) is 14.7. The van der Waals surface area contributed by atoms with Crippen molar-refractivity contribution >= 4 is 18.5 Å². The highest BCUT2D eigenvalue weighted by Crippen LogP contribution is 2.24. The van der Waals surface area contributed by atoms with Crippen molar-refractivity contribution in [1.29, 1.82) is 0 Å². The number of hydrogen-bond acceptors (Lipinski definition) is 6. The molecule has 0 aliphatic carbocycles. The lowest BCUT2D eigenvalue weighted by molar-refractivity contribution is 0.288. The van der Waals surface area contributed by atoms with Crippen molar-refractivity contribution in [3.63, 3.8) is 0 Å². The third-order valence-corrected chi connectivity index (χ3v) is 5.03. The molecular formula is C20H22N6S. The molecule has 1 aliphatic rings. The van der Waals surface area contributed by atoms with Gasteiger partial charge in [-0.05, 0) is 43.5 Å². The lowest BCUT2D eigenvalue weighted by Crippen LogP contribution is -2.40. The van der Waals surface area contributed by atoms with Crippen LogP contribution in [-0.2, 0) is 6.54 Å². The van der Waals surface area contributed by atoms with Crippen LogP contribution in [-0.4, -0.2) is 20.6 Å². The third kappa shape index (κ3) is 3.43. The van der Waals surface area contributed by atoms with Gasteiger partial charge in [0.25, 0.3) is 0 Å². The molecule has 7 heteroatoms. The average molecular weight is 379 g/mol. The van der Waals surface area contributed by atoms with Gasteiger partial charge in [-0.25, -0.2) is 10.2 Å². The van der Waals surface area contributed by atoms with Crippen molar-refractivity contribution in [2.75, 3.05) is 0 Å². The van der Waals surface area contributed by atoms with Gasteiger partial charge in [0.15, 0.2) is 5.84 Å². The second-order valence-corrected chi connectivity index (χ2v) is 7.24. The predicted molar refractivity (Wildman–Crippen MR) is 110 cm³/mol. The topological polar surface area (TPSA) is 57.5 Å². The van der Waals surface area contributed by atoms with E-state index in [1.165, 1.54) is 16.7 Å². The van der Waals surface area contributed by atoms with Crippen LogP contribution in [0.15, 0.2) is 58.8 Å². The van der Waals surface area contributed by atoms with Crippen molar-refractivity contribution in [1.82, 2.24) is 25.9 Å². The number of thiol groups is 1. The number of nitrogens with zero attached hydrogens (tertiary/aromatic N) is 4. The third-order valence-electron chi connectivity index (χ3n) is 4.60. The number of rotatable bonds is 4. The van der Waals surface area contributed by atoms with Crippen molar-refractivity contribution in [3.8, 4) is 5.69 Å². The van der Waals surface area contributed by atoms with E-state index in [4.69, 9.17) is 12.6 Å². The Morgan fingerprint density at radius 3 is 2.67 bits per heavy atom. The molecule has 1 aliphatic heterocycles. The molecule has 2 heterocycles. The van der Waals surface area contributed by atoms with Crippen molar-refractivity contribution in [3.05, 3.63) is 76.5 Å². The first kappa shape index (κ1) is 17.6. The van der Waals surface area contributed by atoms with Crippen molar-refractivity contribution in [2.45, 2.75) is 32.3 Å². The fourth-order valence-corrected chi connectivity index (χ4v) is 3.51. The molecule has 138 valence electrons. The molecule has 0 fully saturated rings. The molecule has 0 bridgehead atoms. The van der Waals surface area contributed by atoms with Crippen LogP contribution in [0.2, 0.25) is 0 Å². The van der Waals surface area contributed by atoms with Gasteiger partial charge < -0.3 is 0 Å². The Morgan fingerprint density at radius 1 is 1.04 bits per heavy atom. The molecule has 27 heavy (non-hydrogen) atoms. The molecule has 0 saturated heterocycles. The molecule has 0 amide bonds. The summed E-state index contributed by atoms with van der Waals surface area (Å²) < 4.78 is 1.85. The summed E-state index contributed by atoms with van der Waals surface area (Å²) in [5.41, 5.74) is 12.6. The Labute approximate surface area is 164 Å². The molecule has 4 rings (SSSR count). The van der Waals surface area contributed by atoms with Gasteiger partial charge in [0.2, 0.25) is 0 Å². The highest BCUT2D eigenvalue weighted by atomic mass is 32.1. The van der Waals surface area contributed by atoms with Gasteiger partial charge in [0.1, 0.15) is 5.03 Å². The van der Waals surface area contributed by atoms with Crippen LogP contribution >= 0.6 is 12.6 Å². The summed E-state index contributed by atoms with van der Waals surface area (Å²) in [6.07, 6.45) is 1.81. The Morgan fingerprint density at radius 2 is 1.85 bits per heavy atom. The van der Waals surface area contributed by atoms with Crippen LogP contribution < -0.4 is 11.1 Å². The summed E-state index contributed by atoms with van der Waals surface area (Å²) in [7, 11) is 0. The first-order valence-corrected chi connectivity index (χ1v) is 9.24. The number of benzene rings is 2. The highest BCUT2D eigenvalue weighted by Gasteiger charge is 2.24. The van der Waals surface area contributed by atoms with Crippen molar-refractivity contribution in [2.24, 2.45) is 5.10 Å². The Balaban J connectivity index is 1.65. The number of nitrogens with one attached hydrogen (secondary N) is 2. The zero-order valence-corrected chi connectivity index (χ0v) is 16.5. The lowest BCUT2D eigenvalue weighted by atomic mass is 10.1. The molecular weight excluding hydrogens is 356 g/mol. The van der Waals surface area contributed by atoms with E-state index in [-0.39, 0.29) is 0 Å². The minimum Gasteiger partial charge on any atom is -0.266 e. The van der Waals surface area contributed by atoms with Crippen LogP contribution in [0.1, 0.15) is 27.8 Å². The van der Waals surface area contributed by atoms with Crippen LogP contribution in [0, 0.1) is 20.8 Å². The van der Waals surface area contributed by atoms with E-state index in [9.17, 15) is 0 Å². The molecule has 0 unspecified atom stereocenters. The number of hydrazine groups is 2. The fourth-order valence-electron chi connectivity index (χ4n) is 3.19. The van der Waals surface area contributed by atoms with E-state index >= 15 is 0 Å². The van der Waals surface area contributed by atoms with Gasteiger partial charge in [0, 0.05) is 0 Å². The molecule has 0 atom stereocenters. The minimum atomic E-state index is 0.676. The molecule has 0 radical (unpaired) electrons. The maximum Gasteiger partial charge on any atom is 0.177 e. The minimum absolute atomic E-state index is 0.676. The second-order valence-electron chi connectivity index (χ2n) is 6.82. The Hall–Kier alpha value is -2.77. The van der Waals surface area contributed by atoms with Crippen LogP contribution in [0.3, 0.4) is 0 Å². The number of hydrazone groups is 1. The zero-order valence-electron chi connectivity index (χ0n) is 15.6. The van der Waals surface area contributed by atoms with Gasteiger partial charge in [-0.1, -0.05) is 42.0 Å². The average Bonchev–Trinajstić information content (AvgIpc) is 3.23. The first-order valence-electron chi connectivity index (χ1n) is 8.79. The summed E-state index contributed by atoms with van der Waals surface area (Å²) in [4.78, 5) is 0. The zero-order chi connectivity index (χ0) is 19.0. The van der Waals surface area contributed by atoms with E-state index in [0.717, 1.165) is 27.7 Å². The number of aromatic nitrogens is 2. The molecule has 0 spiro atoms. The normalized spacial score (nSPS) is 13.6. The fraction of sp³-hybridized carbons (Fsp3) is 0.200. The number of aryl methyl sites for hydroxylation is 3. The predicted octanol–water partition coefficient (Wildman–Crippen LogP) is 3.27. The van der Waals surface area contributed by atoms with Crippen molar-refractivity contribution < 1.29 is 0 Å². The number of hydrogen-bond donors (Lipinski definition) is 3. The van der Waals surface area contributed by atoms with Crippen LogP contribution in [0.5, 0.6) is 0 Å². The SMILES string of the molecule is Cc1cccc(CN2NNN=C2c2cnn(-c3cc(C)ccc3C)c2S)c1. The smallest absolute Gasteiger partial charge is 0.177 e. The summed E-state index contributed by atoms with van der Waals surface area (Å²) in [5.74, 6) is 0.762. The van der Waals surface area contributed by atoms with E-state index in [2.05, 4.69) is 84.5 Å². The van der Waals surface area contributed by atoms with E-state index in [1.54, 1.807) is 6.20 Å². The molecule has 3 aromatic rings. The largest absolute Gasteiger partial charge is 0.266 e. The standard InChI is InChI=1S/C20H22N6S/c1-13-5-4-6-16(9-13)12-25-19(22-23-24-25)17-11-21-26(20(17)27)18-10-14(2)7-8-15(18)3/h4-11,23-24,27H,12H2,1-3H3. The van der Waals surface area contributed by atoms with Gasteiger partial charge in [-0.2, -0.15) is 5.10 Å². The molecule has 1 aromatic heterocycles. The quantitative estimate of drug-likeness (QED) is 0.610. The van der Waals surface area contributed by atoms with Gasteiger partial charge >= 0.3 is 0 Å². The lowest BCUT2D eigenvalue weighted by Gasteiger charge is -2.19. The molecule has 6 nitrogen and oxygen atoms in total. The maximum atomic E-state index is 4.75. The Kier molecular flexibility index (Phi) is 4.63. The monoisotopic (exact) mass is 378 g/mol. The molecule has 2 aromatic carbocycles. The van der Waals surface area contributed by atoms with E-state index < -0.39 is 0 Å². The van der Waals surface area contributed by atoms with Gasteiger partial charge in [-0.15, -0.1) is 23.3 Å². The molecule has 0 saturated carbocycles. The maximum absolute atomic E-state index is 4.75. The highest BCUT2D eigenvalue weighted by molar-refractivity contribution is 7.80. The van der Waals surface area contributed by atoms with Gasteiger partial charge in [0.05, 0.1) is 24.0 Å². The van der Waals surface area contributed by atoms with Crippen LogP contribution in [0.4, 0.5) is 0 Å². The van der Waals surface area contributed by atoms with Crippen LogP contribution in [0.25, 0.3) is 5.69 Å². The van der Waals surface area contributed by atoms with Gasteiger partial charge in [-0.3, -0.25) is 5.01 Å². The number of amidine groups is 1. The summed E-state index contributed by atoms with van der Waals surface area (Å²) >= 11 is 4.75. The summed E-state index contributed by atoms with van der Waals surface area (Å²) in [5, 5.41) is 11.7. The summed E-state index contributed by atoms with van der Waals surface area (Å²) in [6.45, 7) is 6.91. The Bertz CT molecular complexity index is 1020. The first-order chi connectivity index (χ1) is 13.0. The van der Waals surface area contributed by atoms with E-state index in [0.29, 0.717) is 6.54 Å². The van der Waals surface area contributed by atoms with E-state index in [1.807, 2.05) is 9.69 Å². The molecule has 2 N–H and O–H groups in total.